The fourth-order valence-corrected chi connectivity index (χ4v) is 5.67. The van der Waals surface area contributed by atoms with Crippen molar-refractivity contribution in [2.24, 2.45) is 0 Å². The highest BCUT2D eigenvalue weighted by molar-refractivity contribution is 7.13. The van der Waals surface area contributed by atoms with Crippen LogP contribution in [0.1, 0.15) is 64.2 Å². The number of hydrogen-bond donors (Lipinski definition) is 1. The quantitative estimate of drug-likeness (QED) is 0.0917. The van der Waals surface area contributed by atoms with E-state index in [1.54, 1.807) is 30.4 Å². The molecular formula is C35H38ClNO6S. The topological polar surface area (TPSA) is 85.3 Å². The molecule has 4 rings (SSSR count). The maximum absolute atomic E-state index is 11.9. The Labute approximate surface area is 268 Å². The third kappa shape index (κ3) is 10.8. The summed E-state index contributed by atoms with van der Waals surface area (Å²) in [6.45, 7) is 6.49. The number of rotatable bonds is 17. The summed E-state index contributed by atoms with van der Waals surface area (Å²) in [5, 5.41) is 10.7. The number of unbranched alkanes of at least 4 members (excludes halogenated alkanes) is 1. The Bertz CT molecular complexity index is 1490. The molecule has 1 aromatic heterocycles. The van der Waals surface area contributed by atoms with E-state index >= 15 is 0 Å². The van der Waals surface area contributed by atoms with Gasteiger partial charge in [0, 0.05) is 29.4 Å². The third-order valence-electron chi connectivity index (χ3n) is 6.97. The Hall–Kier alpha value is -3.69. The highest BCUT2D eigenvalue weighted by Crippen LogP contribution is 2.32. The van der Waals surface area contributed by atoms with E-state index in [9.17, 15) is 14.7 Å². The first-order valence-electron chi connectivity index (χ1n) is 14.7. The summed E-state index contributed by atoms with van der Waals surface area (Å²) >= 11 is 7.93. The fraction of sp³-hybridized carbons (Fsp3) is 0.314. The van der Waals surface area contributed by atoms with Gasteiger partial charge in [-0.05, 0) is 92.9 Å². The molecule has 9 heteroatoms. The number of benzene rings is 3. The molecule has 0 aliphatic heterocycles. The van der Waals surface area contributed by atoms with Gasteiger partial charge >= 0.3 is 11.9 Å². The molecule has 44 heavy (non-hydrogen) atoms. The molecule has 0 radical (unpaired) electrons. The minimum atomic E-state index is -0.956. The van der Waals surface area contributed by atoms with Crippen LogP contribution in [0.2, 0.25) is 5.02 Å². The van der Waals surface area contributed by atoms with Gasteiger partial charge < -0.3 is 19.3 Å². The molecule has 0 aliphatic carbocycles. The molecule has 1 heterocycles. The second-order valence-electron chi connectivity index (χ2n) is 10.5. The average molecular weight is 636 g/mol. The average Bonchev–Trinajstić information content (AvgIpc) is 3.46. The van der Waals surface area contributed by atoms with Crippen LogP contribution in [0.4, 0.5) is 0 Å². The van der Waals surface area contributed by atoms with Crippen molar-refractivity contribution < 1.29 is 28.9 Å². The summed E-state index contributed by atoms with van der Waals surface area (Å²) in [7, 11) is 0. The molecule has 0 aliphatic rings. The van der Waals surface area contributed by atoms with Crippen LogP contribution in [0.5, 0.6) is 10.8 Å². The summed E-state index contributed by atoms with van der Waals surface area (Å²) in [6, 6.07) is 26.5. The van der Waals surface area contributed by atoms with Gasteiger partial charge in [-0.1, -0.05) is 53.6 Å². The number of ether oxygens (including phenoxy) is 3. The van der Waals surface area contributed by atoms with Crippen molar-refractivity contribution in [3.8, 4) is 10.8 Å². The molecule has 0 amide bonds. The minimum Gasteiger partial charge on any atom is -0.478 e. The highest BCUT2D eigenvalue weighted by Gasteiger charge is 2.19. The Kier molecular flexibility index (Phi) is 12.8. The van der Waals surface area contributed by atoms with E-state index in [0.717, 1.165) is 33.2 Å². The van der Waals surface area contributed by atoms with E-state index in [2.05, 4.69) is 4.90 Å². The lowest BCUT2D eigenvalue weighted by molar-refractivity contribution is -0.143. The van der Waals surface area contributed by atoms with Crippen molar-refractivity contribution in [3.05, 3.63) is 117 Å². The van der Waals surface area contributed by atoms with Crippen LogP contribution in [-0.2, 0) is 27.4 Å². The molecule has 3 aromatic carbocycles. The van der Waals surface area contributed by atoms with Gasteiger partial charge in [-0.2, -0.15) is 0 Å². The van der Waals surface area contributed by atoms with Gasteiger partial charge in [-0.15, -0.1) is 11.3 Å². The van der Waals surface area contributed by atoms with Gasteiger partial charge in [0.25, 0.3) is 0 Å². The van der Waals surface area contributed by atoms with Gasteiger partial charge in [0.05, 0.1) is 24.9 Å². The standard InChI is InChI=1S/C35H38ClNO6S/c1-3-41-33(38)9-4-5-20-37(22-26-12-14-27(15-13-26)35(39)40)23-32(28-7-6-8-29(36)21-28)42-24-31-18-19-34(44-31)43-30-16-10-25(2)11-17-30/h6-8,10-19,21,32H,3-5,9,20,22-24H2,1-2H3,(H,39,40)/t32-/m0/s1. The summed E-state index contributed by atoms with van der Waals surface area (Å²) in [5.74, 6) is -0.357. The van der Waals surface area contributed by atoms with E-state index in [-0.39, 0.29) is 17.6 Å². The zero-order chi connectivity index (χ0) is 31.3. The zero-order valence-electron chi connectivity index (χ0n) is 25.0. The van der Waals surface area contributed by atoms with E-state index in [1.165, 1.54) is 5.56 Å². The van der Waals surface area contributed by atoms with Crippen LogP contribution < -0.4 is 4.74 Å². The molecule has 7 nitrogen and oxygen atoms in total. The fourth-order valence-electron chi connectivity index (χ4n) is 4.68. The van der Waals surface area contributed by atoms with Crippen LogP contribution in [0, 0.1) is 6.92 Å². The number of hydrogen-bond acceptors (Lipinski definition) is 7. The molecule has 232 valence electrons. The summed E-state index contributed by atoms with van der Waals surface area (Å²) < 4.78 is 17.7. The van der Waals surface area contributed by atoms with Crippen LogP contribution in [-0.4, -0.2) is 41.6 Å². The number of aryl methyl sites for hydroxylation is 1. The van der Waals surface area contributed by atoms with E-state index < -0.39 is 5.97 Å². The summed E-state index contributed by atoms with van der Waals surface area (Å²) in [4.78, 5) is 26.5. The van der Waals surface area contributed by atoms with Crippen LogP contribution in [0.3, 0.4) is 0 Å². The van der Waals surface area contributed by atoms with Gasteiger partial charge in [0.1, 0.15) is 5.75 Å². The Morgan fingerprint density at radius 3 is 2.45 bits per heavy atom. The van der Waals surface area contributed by atoms with E-state index in [4.69, 9.17) is 25.8 Å². The summed E-state index contributed by atoms with van der Waals surface area (Å²) in [5.41, 5.74) is 3.37. The first kappa shape index (κ1) is 33.2. The number of thiophene rings is 1. The lowest BCUT2D eigenvalue weighted by Crippen LogP contribution is -2.30. The van der Waals surface area contributed by atoms with Crippen molar-refractivity contribution >= 4 is 34.9 Å². The number of carbonyl (C=O) groups excluding carboxylic acids is 1. The van der Waals surface area contributed by atoms with Crippen LogP contribution in [0.15, 0.2) is 84.9 Å². The molecular weight excluding hydrogens is 598 g/mol. The van der Waals surface area contributed by atoms with Crippen LogP contribution >= 0.6 is 22.9 Å². The first-order chi connectivity index (χ1) is 21.3. The van der Waals surface area contributed by atoms with Crippen LogP contribution in [0.25, 0.3) is 0 Å². The normalized spacial score (nSPS) is 11.8. The number of halogens is 1. The molecule has 1 atom stereocenters. The van der Waals surface area contributed by atoms with E-state index in [0.29, 0.717) is 50.7 Å². The van der Waals surface area contributed by atoms with Crippen molar-refractivity contribution in [1.29, 1.82) is 0 Å². The first-order valence-corrected chi connectivity index (χ1v) is 15.9. The lowest BCUT2D eigenvalue weighted by atomic mass is 10.1. The molecule has 0 saturated heterocycles. The van der Waals surface area contributed by atoms with Crippen molar-refractivity contribution in [3.63, 3.8) is 0 Å². The molecule has 0 unspecified atom stereocenters. The third-order valence-corrected chi connectivity index (χ3v) is 8.14. The zero-order valence-corrected chi connectivity index (χ0v) is 26.6. The lowest BCUT2D eigenvalue weighted by Gasteiger charge is -2.28. The van der Waals surface area contributed by atoms with Crippen molar-refractivity contribution in [2.45, 2.75) is 52.4 Å². The van der Waals surface area contributed by atoms with Gasteiger partial charge in [-0.25, -0.2) is 4.79 Å². The Morgan fingerprint density at radius 1 is 0.977 bits per heavy atom. The second kappa shape index (κ2) is 17.0. The number of aromatic carboxylic acids is 1. The number of nitrogens with zero attached hydrogens (tertiary/aromatic N) is 1. The molecule has 0 saturated carbocycles. The predicted molar refractivity (Wildman–Crippen MR) is 174 cm³/mol. The molecule has 1 N–H and O–H groups in total. The molecule has 4 aromatic rings. The number of carboxylic acids is 1. The smallest absolute Gasteiger partial charge is 0.335 e. The minimum absolute atomic E-state index is 0.190. The maximum Gasteiger partial charge on any atom is 0.335 e. The van der Waals surface area contributed by atoms with Gasteiger partial charge in [-0.3, -0.25) is 9.69 Å². The Balaban J connectivity index is 1.47. The SMILES string of the molecule is CCOC(=O)CCCCN(Cc1ccc(C(=O)O)cc1)C[C@H](OCc1ccc(Oc2ccc(C)cc2)s1)c1cccc(Cl)c1. The summed E-state index contributed by atoms with van der Waals surface area (Å²) in [6.07, 6.45) is 1.57. The monoisotopic (exact) mass is 635 g/mol. The number of carbonyl (C=O) groups is 2. The van der Waals surface area contributed by atoms with Crippen molar-refractivity contribution in [2.75, 3.05) is 19.7 Å². The number of esters is 1. The Morgan fingerprint density at radius 2 is 1.75 bits per heavy atom. The molecule has 0 fully saturated rings. The highest BCUT2D eigenvalue weighted by atomic mass is 35.5. The van der Waals surface area contributed by atoms with Crippen molar-refractivity contribution in [1.82, 2.24) is 4.90 Å². The predicted octanol–water partition coefficient (Wildman–Crippen LogP) is 8.69. The van der Waals surface area contributed by atoms with Gasteiger partial charge in [0.2, 0.25) is 0 Å². The molecule has 0 bridgehead atoms. The van der Waals surface area contributed by atoms with Gasteiger partial charge in [0.15, 0.2) is 5.06 Å². The maximum atomic E-state index is 11.9. The number of carboxylic acid groups (broad SMARTS) is 1. The van der Waals surface area contributed by atoms with E-state index in [1.807, 2.05) is 79.7 Å². The molecule has 0 spiro atoms. The largest absolute Gasteiger partial charge is 0.478 e. The second-order valence-corrected chi connectivity index (χ2v) is 12.1.